The second-order valence-corrected chi connectivity index (χ2v) is 5.02. The van der Waals surface area contributed by atoms with Gasteiger partial charge in [-0.1, -0.05) is 6.07 Å². The van der Waals surface area contributed by atoms with E-state index in [2.05, 4.69) is 15.3 Å². The molecule has 0 atom stereocenters. The lowest BCUT2D eigenvalue weighted by atomic mass is 10.1. The Hall–Kier alpha value is -2.82. The van der Waals surface area contributed by atoms with Crippen LogP contribution in [0.4, 0.5) is 11.4 Å². The van der Waals surface area contributed by atoms with E-state index in [0.717, 1.165) is 16.6 Å². The molecule has 3 aromatic rings. The number of nitrogens with one attached hydrogen (secondary N) is 2. The average Bonchev–Trinajstić information content (AvgIpc) is 2.94. The first-order valence-electron chi connectivity index (χ1n) is 6.65. The molecule has 1 aromatic carbocycles. The number of amides is 1. The number of H-pyrrole nitrogens is 1. The second-order valence-electron chi connectivity index (χ2n) is 5.02. The number of pyridine rings is 1. The van der Waals surface area contributed by atoms with E-state index in [-0.39, 0.29) is 5.91 Å². The fraction of sp³-hybridized carbons (Fsp3) is 0.125. The van der Waals surface area contributed by atoms with Crippen molar-refractivity contribution in [3.63, 3.8) is 0 Å². The van der Waals surface area contributed by atoms with Gasteiger partial charge in [0.15, 0.2) is 0 Å². The topological polar surface area (TPSA) is 61.0 Å². The summed E-state index contributed by atoms with van der Waals surface area (Å²) in [5.41, 5.74) is 3.17. The van der Waals surface area contributed by atoms with Gasteiger partial charge in [0.1, 0.15) is 0 Å². The van der Waals surface area contributed by atoms with Gasteiger partial charge < -0.3 is 15.2 Å². The van der Waals surface area contributed by atoms with Crippen molar-refractivity contribution in [3.05, 3.63) is 54.5 Å². The van der Waals surface area contributed by atoms with Crippen LogP contribution in [0.15, 0.2) is 48.9 Å². The molecule has 0 saturated carbocycles. The van der Waals surface area contributed by atoms with Gasteiger partial charge in [0, 0.05) is 37.6 Å². The van der Waals surface area contributed by atoms with Crippen molar-refractivity contribution in [2.45, 2.75) is 0 Å². The number of anilines is 2. The molecule has 0 saturated heterocycles. The van der Waals surface area contributed by atoms with Gasteiger partial charge in [0.2, 0.25) is 0 Å². The number of carbonyl (C=O) groups excluding carboxylic acids is 1. The number of hydrogen-bond acceptors (Lipinski definition) is 3. The largest absolute Gasteiger partial charge is 0.376 e. The summed E-state index contributed by atoms with van der Waals surface area (Å²) in [6, 6.07) is 9.43. The molecule has 5 nitrogen and oxygen atoms in total. The Morgan fingerprint density at radius 1 is 1.24 bits per heavy atom. The van der Waals surface area contributed by atoms with Gasteiger partial charge in [-0.15, -0.1) is 0 Å². The van der Waals surface area contributed by atoms with Gasteiger partial charge in [-0.25, -0.2) is 0 Å². The van der Waals surface area contributed by atoms with Crippen LogP contribution in [0.1, 0.15) is 10.4 Å². The summed E-state index contributed by atoms with van der Waals surface area (Å²) in [5, 5.41) is 3.99. The van der Waals surface area contributed by atoms with Crippen molar-refractivity contribution in [3.8, 4) is 0 Å². The van der Waals surface area contributed by atoms with Gasteiger partial charge >= 0.3 is 0 Å². The third kappa shape index (κ3) is 2.58. The summed E-state index contributed by atoms with van der Waals surface area (Å²) in [4.78, 5) is 21.5. The maximum absolute atomic E-state index is 12.4. The maximum atomic E-state index is 12.4. The first-order valence-corrected chi connectivity index (χ1v) is 6.65. The number of fused-ring (bicyclic) bond motifs is 1. The van der Waals surface area contributed by atoms with Crippen molar-refractivity contribution >= 4 is 28.2 Å². The van der Waals surface area contributed by atoms with Crippen LogP contribution in [0.25, 0.3) is 10.9 Å². The van der Waals surface area contributed by atoms with E-state index in [1.807, 2.05) is 55.5 Å². The van der Waals surface area contributed by atoms with Crippen LogP contribution in [-0.4, -0.2) is 30.0 Å². The van der Waals surface area contributed by atoms with Crippen molar-refractivity contribution in [2.24, 2.45) is 0 Å². The van der Waals surface area contributed by atoms with E-state index < -0.39 is 0 Å². The minimum Gasteiger partial charge on any atom is -0.376 e. The van der Waals surface area contributed by atoms with Crippen LogP contribution in [0, 0.1) is 0 Å². The molecule has 0 spiro atoms. The highest BCUT2D eigenvalue weighted by Gasteiger charge is 2.11. The molecule has 21 heavy (non-hydrogen) atoms. The van der Waals surface area contributed by atoms with Gasteiger partial charge in [-0.3, -0.25) is 9.78 Å². The first kappa shape index (κ1) is 13.2. The summed E-state index contributed by atoms with van der Waals surface area (Å²) in [6.45, 7) is 0. The Kier molecular flexibility index (Phi) is 3.31. The molecule has 3 rings (SSSR count). The molecule has 1 amide bonds. The molecular formula is C16H16N4O. The van der Waals surface area contributed by atoms with Crippen LogP contribution >= 0.6 is 0 Å². The summed E-state index contributed by atoms with van der Waals surface area (Å²) in [5.74, 6) is -0.150. The van der Waals surface area contributed by atoms with Crippen molar-refractivity contribution in [1.82, 2.24) is 9.97 Å². The summed E-state index contributed by atoms with van der Waals surface area (Å²) < 4.78 is 0. The van der Waals surface area contributed by atoms with E-state index in [9.17, 15) is 4.79 Å². The Labute approximate surface area is 122 Å². The summed E-state index contributed by atoms with van der Waals surface area (Å²) in [6.07, 6.45) is 5.22. The standard InChI is InChI=1S/C16H16N4O/c1-20(2)15-6-7-17-10-14(15)19-16(21)12-4-3-11-5-8-18-13(11)9-12/h3-10,18H,1-2H3,(H,19,21). The molecule has 5 heteroatoms. The van der Waals surface area contributed by atoms with E-state index >= 15 is 0 Å². The lowest BCUT2D eigenvalue weighted by Gasteiger charge is -2.17. The Morgan fingerprint density at radius 2 is 2.10 bits per heavy atom. The van der Waals surface area contributed by atoms with Crippen LogP contribution in [-0.2, 0) is 0 Å². The molecule has 2 N–H and O–H groups in total. The molecule has 0 fully saturated rings. The zero-order chi connectivity index (χ0) is 14.8. The van der Waals surface area contributed by atoms with E-state index in [1.165, 1.54) is 0 Å². The number of aromatic nitrogens is 2. The third-order valence-corrected chi connectivity index (χ3v) is 3.35. The fourth-order valence-corrected chi connectivity index (χ4v) is 2.26. The van der Waals surface area contributed by atoms with Gasteiger partial charge in [-0.05, 0) is 29.7 Å². The lowest BCUT2D eigenvalue weighted by molar-refractivity contribution is 0.102. The van der Waals surface area contributed by atoms with E-state index in [1.54, 1.807) is 12.4 Å². The number of hydrogen-bond donors (Lipinski definition) is 2. The predicted molar refractivity (Wildman–Crippen MR) is 84.8 cm³/mol. The number of rotatable bonds is 3. The van der Waals surface area contributed by atoms with Crippen molar-refractivity contribution < 1.29 is 4.79 Å². The van der Waals surface area contributed by atoms with Crippen LogP contribution in [0.3, 0.4) is 0 Å². The summed E-state index contributed by atoms with van der Waals surface area (Å²) >= 11 is 0. The molecule has 0 aliphatic heterocycles. The highest BCUT2D eigenvalue weighted by Crippen LogP contribution is 2.23. The molecule has 0 bridgehead atoms. The molecule has 2 heterocycles. The average molecular weight is 280 g/mol. The van der Waals surface area contributed by atoms with Crippen molar-refractivity contribution in [1.29, 1.82) is 0 Å². The lowest BCUT2D eigenvalue weighted by Crippen LogP contribution is -2.16. The summed E-state index contributed by atoms with van der Waals surface area (Å²) in [7, 11) is 3.85. The number of aromatic amines is 1. The Bertz CT molecular complexity index is 792. The SMILES string of the molecule is CN(C)c1ccncc1NC(=O)c1ccc2cc[nH]c2c1. The molecule has 106 valence electrons. The molecule has 2 aromatic heterocycles. The minimum absolute atomic E-state index is 0.150. The smallest absolute Gasteiger partial charge is 0.255 e. The van der Waals surface area contributed by atoms with Crippen LogP contribution in [0.5, 0.6) is 0 Å². The van der Waals surface area contributed by atoms with Crippen LogP contribution in [0.2, 0.25) is 0 Å². The van der Waals surface area contributed by atoms with E-state index in [0.29, 0.717) is 11.3 Å². The third-order valence-electron chi connectivity index (χ3n) is 3.35. The highest BCUT2D eigenvalue weighted by atomic mass is 16.1. The van der Waals surface area contributed by atoms with Gasteiger partial charge in [0.25, 0.3) is 5.91 Å². The van der Waals surface area contributed by atoms with Gasteiger partial charge in [-0.2, -0.15) is 0 Å². The Morgan fingerprint density at radius 3 is 2.90 bits per heavy atom. The predicted octanol–water partition coefficient (Wildman–Crippen LogP) is 2.88. The van der Waals surface area contributed by atoms with E-state index in [4.69, 9.17) is 0 Å². The zero-order valence-electron chi connectivity index (χ0n) is 11.9. The highest BCUT2D eigenvalue weighted by molar-refractivity contribution is 6.07. The first-order chi connectivity index (χ1) is 10.1. The molecule has 0 radical (unpaired) electrons. The fourth-order valence-electron chi connectivity index (χ4n) is 2.26. The zero-order valence-corrected chi connectivity index (χ0v) is 11.9. The number of carbonyl (C=O) groups is 1. The molecule has 0 unspecified atom stereocenters. The minimum atomic E-state index is -0.150. The maximum Gasteiger partial charge on any atom is 0.255 e. The monoisotopic (exact) mass is 280 g/mol. The molecule has 0 aliphatic rings. The normalized spacial score (nSPS) is 10.6. The number of benzene rings is 1. The van der Waals surface area contributed by atoms with Crippen LogP contribution < -0.4 is 10.2 Å². The van der Waals surface area contributed by atoms with Crippen molar-refractivity contribution in [2.75, 3.05) is 24.3 Å². The van der Waals surface area contributed by atoms with Gasteiger partial charge in [0.05, 0.1) is 17.6 Å². The second kappa shape index (κ2) is 5.28. The quantitative estimate of drug-likeness (QED) is 0.775. The molecule has 0 aliphatic carbocycles. The number of nitrogens with zero attached hydrogens (tertiary/aromatic N) is 2. The Balaban J connectivity index is 1.89. The molecular weight excluding hydrogens is 264 g/mol.